The van der Waals surface area contributed by atoms with E-state index in [4.69, 9.17) is 4.74 Å². The number of hydrogen-bond donors (Lipinski definition) is 0. The molecular weight excluding hydrogens is 374 g/mol. The number of carbonyl (C=O) groups excluding carboxylic acids is 1. The molecular formula is C20H23N5O4. The minimum absolute atomic E-state index is 0.156. The summed E-state index contributed by atoms with van der Waals surface area (Å²) >= 11 is 0. The Kier molecular flexibility index (Phi) is 4.83. The lowest BCUT2D eigenvalue weighted by molar-refractivity contribution is -0.145. The average Bonchev–Trinajstić information content (AvgIpc) is 3.11. The van der Waals surface area contributed by atoms with Crippen molar-refractivity contribution in [3.63, 3.8) is 0 Å². The second kappa shape index (κ2) is 7.32. The van der Waals surface area contributed by atoms with E-state index in [-0.39, 0.29) is 30.2 Å². The van der Waals surface area contributed by atoms with Crippen LogP contribution in [-0.4, -0.2) is 48.7 Å². The molecule has 2 atom stereocenters. The van der Waals surface area contributed by atoms with E-state index >= 15 is 0 Å². The molecule has 1 aliphatic rings. The van der Waals surface area contributed by atoms with Crippen LogP contribution in [0.3, 0.4) is 0 Å². The summed E-state index contributed by atoms with van der Waals surface area (Å²) in [4.78, 5) is 44.3. The Bertz CT molecular complexity index is 1180. The lowest BCUT2D eigenvalue weighted by atomic mass is 10.1. The van der Waals surface area contributed by atoms with Crippen molar-refractivity contribution in [2.75, 3.05) is 13.1 Å². The Morgan fingerprint density at radius 2 is 1.90 bits per heavy atom. The standard InChI is InChI=1S/C20H23N5O4/c1-13-9-24(10-15(29-13)14-7-5-4-6-8-14)16(26)11-25-19(27)17-18(21-12-22(17)2)23(3)20(25)28/h4-8,12-13,15H,9-11H2,1-3H3. The highest BCUT2D eigenvalue weighted by Crippen LogP contribution is 2.25. The number of amides is 1. The van der Waals surface area contributed by atoms with Crippen LogP contribution in [0.25, 0.3) is 11.2 Å². The SMILES string of the molecule is CC1CN(C(=O)Cn2c(=O)c3c(ncn3C)n(C)c2=O)CC(c2ccccc2)O1. The van der Waals surface area contributed by atoms with E-state index in [1.165, 1.54) is 10.9 Å². The van der Waals surface area contributed by atoms with Crippen LogP contribution in [-0.2, 0) is 30.2 Å². The minimum atomic E-state index is -0.560. The molecule has 4 rings (SSSR count). The maximum absolute atomic E-state index is 13.0. The summed E-state index contributed by atoms with van der Waals surface area (Å²) in [7, 11) is 3.22. The molecule has 9 heteroatoms. The van der Waals surface area contributed by atoms with Crippen molar-refractivity contribution in [2.24, 2.45) is 14.1 Å². The normalized spacial score (nSPS) is 19.6. The molecule has 1 fully saturated rings. The summed E-state index contributed by atoms with van der Waals surface area (Å²) in [5.74, 6) is -0.290. The van der Waals surface area contributed by atoms with Crippen molar-refractivity contribution < 1.29 is 9.53 Å². The molecule has 2 unspecified atom stereocenters. The van der Waals surface area contributed by atoms with E-state index < -0.39 is 11.2 Å². The van der Waals surface area contributed by atoms with Gasteiger partial charge in [0.2, 0.25) is 5.91 Å². The van der Waals surface area contributed by atoms with Gasteiger partial charge < -0.3 is 14.2 Å². The summed E-state index contributed by atoms with van der Waals surface area (Å²) in [5, 5.41) is 0. The fraction of sp³-hybridized carbons (Fsp3) is 0.400. The van der Waals surface area contributed by atoms with Gasteiger partial charge in [0.25, 0.3) is 5.56 Å². The van der Waals surface area contributed by atoms with Gasteiger partial charge in [-0.05, 0) is 12.5 Å². The molecule has 3 aromatic rings. The lowest BCUT2D eigenvalue weighted by Crippen LogP contribution is -2.50. The van der Waals surface area contributed by atoms with Gasteiger partial charge in [0.1, 0.15) is 12.6 Å². The van der Waals surface area contributed by atoms with Crippen molar-refractivity contribution in [3.05, 3.63) is 63.1 Å². The van der Waals surface area contributed by atoms with Crippen LogP contribution >= 0.6 is 0 Å². The zero-order valence-corrected chi connectivity index (χ0v) is 16.6. The van der Waals surface area contributed by atoms with E-state index in [1.807, 2.05) is 37.3 Å². The summed E-state index contributed by atoms with van der Waals surface area (Å²) in [6.45, 7) is 2.37. The van der Waals surface area contributed by atoms with Gasteiger partial charge in [-0.3, -0.25) is 14.2 Å². The number of morpholine rings is 1. The molecule has 0 spiro atoms. The lowest BCUT2D eigenvalue weighted by Gasteiger charge is -2.37. The first-order valence-electron chi connectivity index (χ1n) is 9.46. The predicted molar refractivity (Wildman–Crippen MR) is 107 cm³/mol. The molecule has 2 aromatic heterocycles. The molecule has 1 amide bonds. The number of carbonyl (C=O) groups is 1. The molecule has 0 bridgehead atoms. The van der Waals surface area contributed by atoms with E-state index in [0.29, 0.717) is 18.7 Å². The molecule has 9 nitrogen and oxygen atoms in total. The summed E-state index contributed by atoms with van der Waals surface area (Å²) in [6, 6.07) is 9.70. The minimum Gasteiger partial charge on any atom is -0.367 e. The molecule has 1 aromatic carbocycles. The third-order valence-corrected chi connectivity index (χ3v) is 5.28. The average molecular weight is 397 g/mol. The maximum atomic E-state index is 13.0. The summed E-state index contributed by atoms with van der Waals surface area (Å²) in [6.07, 6.45) is 1.08. The first kappa shape index (κ1) is 19.1. The van der Waals surface area contributed by atoms with Crippen molar-refractivity contribution in [3.8, 4) is 0 Å². The number of hydrogen-bond acceptors (Lipinski definition) is 5. The Morgan fingerprint density at radius 1 is 1.17 bits per heavy atom. The third-order valence-electron chi connectivity index (χ3n) is 5.28. The van der Waals surface area contributed by atoms with Crippen LogP contribution < -0.4 is 11.2 Å². The van der Waals surface area contributed by atoms with Crippen LogP contribution in [0.15, 0.2) is 46.2 Å². The quantitative estimate of drug-likeness (QED) is 0.639. The smallest absolute Gasteiger partial charge is 0.332 e. The number of rotatable bonds is 3. The van der Waals surface area contributed by atoms with Gasteiger partial charge in [0, 0.05) is 20.6 Å². The molecule has 3 heterocycles. The summed E-state index contributed by atoms with van der Waals surface area (Å²) in [5.41, 5.74) is 0.502. The van der Waals surface area contributed by atoms with Gasteiger partial charge in [-0.25, -0.2) is 14.3 Å². The monoisotopic (exact) mass is 397 g/mol. The molecule has 29 heavy (non-hydrogen) atoms. The summed E-state index contributed by atoms with van der Waals surface area (Å²) < 4.78 is 9.82. The van der Waals surface area contributed by atoms with Crippen molar-refractivity contribution in [1.29, 1.82) is 0 Å². The number of aryl methyl sites for hydroxylation is 2. The van der Waals surface area contributed by atoms with Gasteiger partial charge in [0.15, 0.2) is 11.2 Å². The van der Waals surface area contributed by atoms with Crippen LogP contribution in [0.1, 0.15) is 18.6 Å². The molecule has 152 valence electrons. The number of nitrogens with zero attached hydrogens (tertiary/aromatic N) is 5. The molecule has 1 aliphatic heterocycles. The van der Waals surface area contributed by atoms with Crippen LogP contribution in [0, 0.1) is 0 Å². The van der Waals surface area contributed by atoms with Gasteiger partial charge >= 0.3 is 5.69 Å². The zero-order valence-electron chi connectivity index (χ0n) is 16.6. The van der Waals surface area contributed by atoms with E-state index in [1.54, 1.807) is 23.6 Å². The fourth-order valence-corrected chi connectivity index (χ4v) is 3.78. The largest absolute Gasteiger partial charge is 0.367 e. The first-order chi connectivity index (χ1) is 13.9. The highest BCUT2D eigenvalue weighted by molar-refractivity contribution is 5.77. The molecule has 0 saturated carbocycles. The second-order valence-electron chi connectivity index (χ2n) is 7.41. The van der Waals surface area contributed by atoms with Crippen LogP contribution in [0.5, 0.6) is 0 Å². The van der Waals surface area contributed by atoms with Crippen molar-refractivity contribution in [1.82, 2.24) is 23.6 Å². The number of aromatic nitrogens is 4. The van der Waals surface area contributed by atoms with Crippen molar-refractivity contribution in [2.45, 2.75) is 25.7 Å². The highest BCUT2D eigenvalue weighted by Gasteiger charge is 2.30. The maximum Gasteiger partial charge on any atom is 0.332 e. The number of fused-ring (bicyclic) bond motifs is 1. The highest BCUT2D eigenvalue weighted by atomic mass is 16.5. The zero-order chi connectivity index (χ0) is 20.7. The van der Waals surface area contributed by atoms with Gasteiger partial charge in [-0.1, -0.05) is 30.3 Å². The Hall–Kier alpha value is -3.20. The van der Waals surface area contributed by atoms with Gasteiger partial charge in [-0.2, -0.15) is 0 Å². The van der Waals surface area contributed by atoms with Gasteiger partial charge in [0.05, 0.1) is 19.0 Å². The molecule has 0 N–H and O–H groups in total. The Labute approximate surface area is 166 Å². The topological polar surface area (TPSA) is 91.4 Å². The Balaban J connectivity index is 1.63. The second-order valence-corrected chi connectivity index (χ2v) is 7.41. The van der Waals surface area contributed by atoms with E-state index in [2.05, 4.69) is 4.98 Å². The Morgan fingerprint density at radius 3 is 2.62 bits per heavy atom. The number of ether oxygens (including phenoxy) is 1. The third kappa shape index (κ3) is 3.38. The van der Waals surface area contributed by atoms with E-state index in [0.717, 1.165) is 10.1 Å². The number of benzene rings is 1. The first-order valence-corrected chi connectivity index (χ1v) is 9.46. The van der Waals surface area contributed by atoms with Gasteiger partial charge in [-0.15, -0.1) is 0 Å². The van der Waals surface area contributed by atoms with Crippen LogP contribution in [0.2, 0.25) is 0 Å². The molecule has 0 aliphatic carbocycles. The predicted octanol–water partition coefficient (Wildman–Crippen LogP) is 0.422. The number of imidazole rings is 1. The van der Waals surface area contributed by atoms with E-state index in [9.17, 15) is 14.4 Å². The van der Waals surface area contributed by atoms with Crippen molar-refractivity contribution >= 4 is 17.1 Å². The molecule has 0 radical (unpaired) electrons. The fourth-order valence-electron chi connectivity index (χ4n) is 3.78. The van der Waals surface area contributed by atoms with Crippen LogP contribution in [0.4, 0.5) is 0 Å². The molecule has 1 saturated heterocycles.